The van der Waals surface area contributed by atoms with Crippen LogP contribution in [0.1, 0.15) is 32.6 Å². The fourth-order valence-corrected chi connectivity index (χ4v) is 1.94. The molecular formula is C17H34ClNO4. The third kappa shape index (κ3) is 21.7. The number of allylic oxidation sites excluding steroid dienone is 1. The average Bonchev–Trinajstić information content (AvgIpc) is 2.53. The molecule has 0 rings (SSSR count). The van der Waals surface area contributed by atoms with Gasteiger partial charge in [-0.1, -0.05) is 19.4 Å². The van der Waals surface area contributed by atoms with E-state index in [0.717, 1.165) is 37.6 Å². The van der Waals surface area contributed by atoms with E-state index in [1.54, 1.807) is 0 Å². The molecule has 1 N–H and O–H groups in total. The third-order valence-corrected chi connectivity index (χ3v) is 3.23. The first kappa shape index (κ1) is 22.7. The van der Waals surface area contributed by atoms with Crippen molar-refractivity contribution >= 4 is 11.6 Å². The van der Waals surface area contributed by atoms with E-state index in [1.165, 1.54) is 12.8 Å². The van der Waals surface area contributed by atoms with E-state index < -0.39 is 0 Å². The minimum absolute atomic E-state index is 0.589. The second-order valence-corrected chi connectivity index (χ2v) is 5.64. The van der Waals surface area contributed by atoms with Crippen molar-refractivity contribution in [3.05, 3.63) is 12.3 Å². The first-order valence-corrected chi connectivity index (χ1v) is 9.07. The van der Waals surface area contributed by atoms with E-state index in [1.807, 2.05) is 6.92 Å². The third-order valence-electron chi connectivity index (χ3n) is 2.96. The summed E-state index contributed by atoms with van der Waals surface area (Å²) in [5, 5.41) is 3.10. The van der Waals surface area contributed by atoms with Gasteiger partial charge in [0.25, 0.3) is 0 Å². The van der Waals surface area contributed by atoms with Crippen LogP contribution in [0.4, 0.5) is 0 Å². The summed E-state index contributed by atoms with van der Waals surface area (Å²) in [5.41, 5.74) is 0.956. The van der Waals surface area contributed by atoms with Crippen molar-refractivity contribution in [2.24, 2.45) is 0 Å². The molecular weight excluding hydrogens is 318 g/mol. The van der Waals surface area contributed by atoms with Crippen molar-refractivity contribution in [2.75, 3.05) is 65.3 Å². The topological polar surface area (TPSA) is 49.0 Å². The number of rotatable bonds is 19. The smallest absolute Gasteiger partial charge is 0.0701 e. The van der Waals surface area contributed by atoms with Gasteiger partial charge in [-0.15, -0.1) is 11.6 Å². The zero-order chi connectivity index (χ0) is 17.0. The maximum absolute atomic E-state index is 5.61. The molecule has 0 fully saturated rings. The van der Waals surface area contributed by atoms with Gasteiger partial charge in [-0.3, -0.25) is 0 Å². The molecule has 0 aromatic carbocycles. The van der Waals surface area contributed by atoms with E-state index in [4.69, 9.17) is 30.5 Å². The summed E-state index contributed by atoms with van der Waals surface area (Å²) >= 11 is 5.61. The van der Waals surface area contributed by atoms with E-state index in [-0.39, 0.29) is 0 Å². The van der Waals surface area contributed by atoms with Crippen molar-refractivity contribution in [1.82, 2.24) is 5.32 Å². The van der Waals surface area contributed by atoms with Gasteiger partial charge in [-0.05, 0) is 19.8 Å². The number of hydrogen-bond donors (Lipinski definition) is 1. The van der Waals surface area contributed by atoms with Crippen molar-refractivity contribution in [3.63, 3.8) is 0 Å². The second kappa shape index (κ2) is 19.7. The first-order valence-electron chi connectivity index (χ1n) is 8.53. The van der Waals surface area contributed by atoms with Crippen LogP contribution in [0, 0.1) is 0 Å². The predicted molar refractivity (Wildman–Crippen MR) is 95.3 cm³/mol. The zero-order valence-electron chi connectivity index (χ0n) is 14.6. The van der Waals surface area contributed by atoms with Gasteiger partial charge in [0.2, 0.25) is 0 Å². The van der Waals surface area contributed by atoms with Crippen LogP contribution >= 0.6 is 11.6 Å². The fourth-order valence-electron chi connectivity index (χ4n) is 1.75. The van der Waals surface area contributed by atoms with Crippen LogP contribution in [0.3, 0.4) is 0 Å². The molecule has 138 valence electrons. The predicted octanol–water partition coefficient (Wildman–Crippen LogP) is 2.98. The van der Waals surface area contributed by atoms with Crippen molar-refractivity contribution in [1.29, 1.82) is 0 Å². The standard InChI is InChI=1S/C17H34ClNO4/c1-17(2)19-8-10-21-12-14-23-16-15-22-13-11-20-9-6-4-3-5-7-18/h19H,1,3-16H2,2H3. The van der Waals surface area contributed by atoms with Gasteiger partial charge in [0.05, 0.1) is 46.2 Å². The van der Waals surface area contributed by atoms with E-state index >= 15 is 0 Å². The Hall–Kier alpha value is -0.330. The molecule has 0 bridgehead atoms. The van der Waals surface area contributed by atoms with Gasteiger partial charge in [-0.25, -0.2) is 0 Å². The van der Waals surface area contributed by atoms with Gasteiger partial charge in [0, 0.05) is 24.7 Å². The number of nitrogens with one attached hydrogen (secondary N) is 1. The molecule has 0 saturated carbocycles. The monoisotopic (exact) mass is 351 g/mol. The normalized spacial score (nSPS) is 10.9. The van der Waals surface area contributed by atoms with Crippen LogP contribution in [0.15, 0.2) is 12.3 Å². The lowest BCUT2D eigenvalue weighted by Crippen LogP contribution is -2.18. The van der Waals surface area contributed by atoms with Gasteiger partial charge in [0.1, 0.15) is 0 Å². The fraction of sp³-hybridized carbons (Fsp3) is 0.882. The molecule has 5 nitrogen and oxygen atoms in total. The Balaban J connectivity index is 2.96. The molecule has 0 heterocycles. The van der Waals surface area contributed by atoms with Gasteiger partial charge in [-0.2, -0.15) is 0 Å². The minimum atomic E-state index is 0.589. The number of halogens is 1. The highest BCUT2D eigenvalue weighted by atomic mass is 35.5. The highest BCUT2D eigenvalue weighted by molar-refractivity contribution is 6.17. The SMILES string of the molecule is C=C(C)NCCOCCOCCOCCOCCCCCCCl. The molecule has 0 aromatic heterocycles. The van der Waals surface area contributed by atoms with Crippen LogP contribution in [0.25, 0.3) is 0 Å². The molecule has 23 heavy (non-hydrogen) atoms. The Bertz CT molecular complexity index is 255. The van der Waals surface area contributed by atoms with Crippen LogP contribution in [-0.4, -0.2) is 65.3 Å². The van der Waals surface area contributed by atoms with Crippen LogP contribution in [-0.2, 0) is 18.9 Å². The van der Waals surface area contributed by atoms with Crippen LogP contribution in [0.5, 0.6) is 0 Å². The number of unbranched alkanes of at least 4 members (excludes halogenated alkanes) is 3. The summed E-state index contributed by atoms with van der Waals surface area (Å²) in [5.74, 6) is 0.759. The number of ether oxygens (including phenoxy) is 4. The molecule has 0 saturated heterocycles. The zero-order valence-corrected chi connectivity index (χ0v) is 15.4. The number of alkyl halides is 1. The van der Waals surface area contributed by atoms with Crippen LogP contribution in [0.2, 0.25) is 0 Å². The van der Waals surface area contributed by atoms with Crippen molar-refractivity contribution in [2.45, 2.75) is 32.6 Å². The molecule has 0 spiro atoms. The first-order chi connectivity index (χ1) is 11.3. The minimum Gasteiger partial charge on any atom is -0.387 e. The molecule has 0 aliphatic heterocycles. The largest absolute Gasteiger partial charge is 0.387 e. The molecule has 0 aromatic rings. The summed E-state index contributed by atoms with van der Waals surface area (Å²) in [7, 11) is 0. The van der Waals surface area contributed by atoms with Crippen molar-refractivity contribution < 1.29 is 18.9 Å². The number of hydrogen-bond acceptors (Lipinski definition) is 5. The lowest BCUT2D eigenvalue weighted by Gasteiger charge is -2.08. The summed E-state index contributed by atoms with van der Waals surface area (Å²) < 4.78 is 21.7. The van der Waals surface area contributed by atoms with Gasteiger partial charge < -0.3 is 24.3 Å². The molecule has 6 heteroatoms. The summed E-state index contributed by atoms with van der Waals surface area (Å²) in [6, 6.07) is 0. The molecule has 0 aliphatic rings. The van der Waals surface area contributed by atoms with E-state index in [9.17, 15) is 0 Å². The summed E-state index contributed by atoms with van der Waals surface area (Å²) in [6.07, 6.45) is 4.57. The highest BCUT2D eigenvalue weighted by Gasteiger charge is 1.94. The quantitative estimate of drug-likeness (QED) is 0.286. The Labute approximate surface area is 146 Å². The van der Waals surface area contributed by atoms with Gasteiger partial charge in [0.15, 0.2) is 0 Å². The summed E-state index contributed by atoms with van der Waals surface area (Å²) in [4.78, 5) is 0. The Kier molecular flexibility index (Phi) is 19.4. The Morgan fingerprint density at radius 2 is 1.22 bits per heavy atom. The maximum Gasteiger partial charge on any atom is 0.0701 e. The lowest BCUT2D eigenvalue weighted by atomic mass is 10.2. The van der Waals surface area contributed by atoms with Crippen molar-refractivity contribution in [3.8, 4) is 0 Å². The van der Waals surface area contributed by atoms with E-state index in [2.05, 4.69) is 11.9 Å². The highest BCUT2D eigenvalue weighted by Crippen LogP contribution is 2.00. The summed E-state index contributed by atoms with van der Waals surface area (Å²) in [6.45, 7) is 11.6. The Morgan fingerprint density at radius 3 is 1.74 bits per heavy atom. The Morgan fingerprint density at radius 1 is 0.739 bits per heavy atom. The molecule has 0 aliphatic carbocycles. The molecule has 0 amide bonds. The molecule has 0 atom stereocenters. The maximum atomic E-state index is 5.61. The second-order valence-electron chi connectivity index (χ2n) is 5.26. The average molecular weight is 352 g/mol. The van der Waals surface area contributed by atoms with Crippen LogP contribution < -0.4 is 5.32 Å². The van der Waals surface area contributed by atoms with Gasteiger partial charge >= 0.3 is 0 Å². The van der Waals surface area contributed by atoms with E-state index in [0.29, 0.717) is 46.2 Å². The molecule has 0 unspecified atom stereocenters. The molecule has 0 radical (unpaired) electrons. The lowest BCUT2D eigenvalue weighted by molar-refractivity contribution is -0.00167.